The number of carbonyl (C=O) groups is 1. The first-order valence-corrected chi connectivity index (χ1v) is 12.5. The van der Waals surface area contributed by atoms with Gasteiger partial charge < -0.3 is 5.32 Å². The van der Waals surface area contributed by atoms with Crippen LogP contribution in [-0.4, -0.2) is 44.6 Å². The molecule has 2 aromatic carbocycles. The van der Waals surface area contributed by atoms with Gasteiger partial charge in [0.15, 0.2) is 0 Å². The number of sulfonamides is 1. The molecule has 1 aliphatic rings. The highest BCUT2D eigenvalue weighted by Gasteiger charge is 2.32. The van der Waals surface area contributed by atoms with Crippen molar-refractivity contribution in [2.75, 3.05) is 23.7 Å². The van der Waals surface area contributed by atoms with Gasteiger partial charge in [0.1, 0.15) is 11.9 Å². The first kappa shape index (κ1) is 23.2. The van der Waals surface area contributed by atoms with E-state index in [-0.39, 0.29) is 18.7 Å². The molecule has 1 aliphatic heterocycles. The first-order chi connectivity index (χ1) is 14.8. The predicted molar refractivity (Wildman–Crippen MR) is 121 cm³/mol. The molecule has 0 bridgehead atoms. The second kappa shape index (κ2) is 10.2. The van der Waals surface area contributed by atoms with E-state index in [9.17, 15) is 17.6 Å². The van der Waals surface area contributed by atoms with Gasteiger partial charge in [0.2, 0.25) is 15.9 Å². The van der Waals surface area contributed by atoms with E-state index in [2.05, 4.69) is 22.3 Å². The lowest BCUT2D eigenvalue weighted by Crippen LogP contribution is -2.49. The summed E-state index contributed by atoms with van der Waals surface area (Å²) < 4.78 is 40.1. The number of halogens is 1. The number of rotatable bonds is 9. The number of benzene rings is 2. The topological polar surface area (TPSA) is 69.7 Å². The van der Waals surface area contributed by atoms with Crippen molar-refractivity contribution in [2.24, 2.45) is 0 Å². The monoisotopic (exact) mass is 447 g/mol. The normalized spacial score (nSPS) is 15.6. The minimum absolute atomic E-state index is 0.125. The lowest BCUT2D eigenvalue weighted by molar-refractivity contribution is -0.122. The van der Waals surface area contributed by atoms with Crippen LogP contribution in [0.15, 0.2) is 48.5 Å². The van der Waals surface area contributed by atoms with Gasteiger partial charge in [-0.1, -0.05) is 43.3 Å². The minimum Gasteiger partial charge on any atom is -0.350 e. The summed E-state index contributed by atoms with van der Waals surface area (Å²) in [7, 11) is -3.87. The van der Waals surface area contributed by atoms with E-state index in [1.807, 2.05) is 12.1 Å². The van der Waals surface area contributed by atoms with E-state index in [0.29, 0.717) is 0 Å². The van der Waals surface area contributed by atoms with Gasteiger partial charge in [0.25, 0.3) is 0 Å². The molecule has 0 aliphatic carbocycles. The van der Waals surface area contributed by atoms with Gasteiger partial charge in [-0.25, -0.2) is 12.8 Å². The Bertz CT molecular complexity index is 1010. The number of carbonyl (C=O) groups excluding carboxylic acids is 1. The highest BCUT2D eigenvalue weighted by Crippen LogP contribution is 2.25. The molecular formula is C23H30FN3O3S. The SMILES string of the molecule is CC[C@@H](C(=O)NCc1cccc(CN2CCCC2)c1)N(c1ccccc1F)S(C)(=O)=O. The summed E-state index contributed by atoms with van der Waals surface area (Å²) in [6, 6.07) is 12.6. The van der Waals surface area contributed by atoms with Crippen LogP contribution in [0.1, 0.15) is 37.3 Å². The van der Waals surface area contributed by atoms with Gasteiger partial charge in [0, 0.05) is 13.1 Å². The van der Waals surface area contributed by atoms with Crippen molar-refractivity contribution in [3.8, 4) is 0 Å². The fraction of sp³-hybridized carbons (Fsp3) is 0.435. The predicted octanol–water partition coefficient (Wildman–Crippen LogP) is 3.28. The van der Waals surface area contributed by atoms with E-state index in [1.54, 1.807) is 13.0 Å². The molecule has 0 aromatic heterocycles. The second-order valence-electron chi connectivity index (χ2n) is 7.96. The Morgan fingerprint density at radius 2 is 1.81 bits per heavy atom. The summed E-state index contributed by atoms with van der Waals surface area (Å²) in [5.74, 6) is -1.14. The summed E-state index contributed by atoms with van der Waals surface area (Å²) >= 11 is 0. The molecule has 2 aromatic rings. The number of hydrogen-bond donors (Lipinski definition) is 1. The average molecular weight is 448 g/mol. The molecule has 31 heavy (non-hydrogen) atoms. The Hall–Kier alpha value is -2.45. The summed E-state index contributed by atoms with van der Waals surface area (Å²) in [5, 5.41) is 2.83. The first-order valence-electron chi connectivity index (χ1n) is 10.6. The largest absolute Gasteiger partial charge is 0.350 e. The summed E-state index contributed by atoms with van der Waals surface area (Å²) in [6.45, 7) is 5.08. The Morgan fingerprint density at radius 3 is 2.45 bits per heavy atom. The van der Waals surface area contributed by atoms with Gasteiger partial charge in [-0.2, -0.15) is 0 Å². The van der Waals surface area contributed by atoms with Crippen molar-refractivity contribution in [2.45, 2.75) is 45.3 Å². The number of anilines is 1. The van der Waals surface area contributed by atoms with Gasteiger partial charge >= 0.3 is 0 Å². The Morgan fingerprint density at radius 1 is 1.13 bits per heavy atom. The van der Waals surface area contributed by atoms with Crippen molar-refractivity contribution >= 4 is 21.6 Å². The molecule has 0 spiro atoms. The molecule has 168 valence electrons. The molecular weight excluding hydrogens is 417 g/mol. The summed E-state index contributed by atoms with van der Waals surface area (Å²) in [6.07, 6.45) is 3.65. The number of nitrogens with one attached hydrogen (secondary N) is 1. The molecule has 0 radical (unpaired) electrons. The minimum atomic E-state index is -3.87. The van der Waals surface area contributed by atoms with Crippen molar-refractivity contribution in [1.29, 1.82) is 0 Å². The average Bonchev–Trinajstić information content (AvgIpc) is 3.23. The zero-order valence-electron chi connectivity index (χ0n) is 18.1. The Balaban J connectivity index is 1.72. The zero-order chi connectivity index (χ0) is 22.4. The standard InChI is InChI=1S/C23H30FN3O3S/c1-3-21(27(31(2,29)30)22-12-5-4-11-20(22)24)23(28)25-16-18-9-8-10-19(15-18)17-26-13-6-7-14-26/h4-5,8-12,15,21H,3,6-7,13-14,16-17H2,1-2H3,(H,25,28)/t21-/m0/s1. The zero-order valence-corrected chi connectivity index (χ0v) is 18.9. The molecule has 1 amide bonds. The Kier molecular flexibility index (Phi) is 7.67. The summed E-state index contributed by atoms with van der Waals surface area (Å²) in [5.41, 5.74) is 2.00. The van der Waals surface area contributed by atoms with E-state index >= 15 is 0 Å². The van der Waals surface area contributed by atoms with Crippen LogP contribution in [0.3, 0.4) is 0 Å². The number of para-hydroxylation sites is 1. The summed E-state index contributed by atoms with van der Waals surface area (Å²) in [4.78, 5) is 15.3. The van der Waals surface area contributed by atoms with Crippen LogP contribution in [-0.2, 0) is 27.9 Å². The third-order valence-electron chi connectivity index (χ3n) is 5.48. The number of hydrogen-bond acceptors (Lipinski definition) is 4. The van der Waals surface area contributed by atoms with Crippen LogP contribution in [0.5, 0.6) is 0 Å². The van der Waals surface area contributed by atoms with E-state index in [1.165, 1.54) is 36.6 Å². The quantitative estimate of drug-likeness (QED) is 0.641. The maximum atomic E-state index is 14.4. The highest BCUT2D eigenvalue weighted by molar-refractivity contribution is 7.92. The molecule has 1 heterocycles. The van der Waals surface area contributed by atoms with Crippen LogP contribution in [0.25, 0.3) is 0 Å². The molecule has 1 saturated heterocycles. The lowest BCUT2D eigenvalue weighted by atomic mass is 10.1. The second-order valence-corrected chi connectivity index (χ2v) is 9.81. The van der Waals surface area contributed by atoms with Crippen molar-refractivity contribution in [3.05, 3.63) is 65.5 Å². The van der Waals surface area contributed by atoms with Crippen LogP contribution >= 0.6 is 0 Å². The molecule has 1 N–H and O–H groups in total. The Labute approximate surface area is 184 Å². The molecule has 0 saturated carbocycles. The molecule has 1 fully saturated rings. The smallest absolute Gasteiger partial charge is 0.244 e. The van der Waals surface area contributed by atoms with Gasteiger partial charge in [-0.3, -0.25) is 14.0 Å². The van der Waals surface area contributed by atoms with Crippen LogP contribution in [0.4, 0.5) is 10.1 Å². The van der Waals surface area contributed by atoms with Crippen LogP contribution < -0.4 is 9.62 Å². The molecule has 1 atom stereocenters. The molecule has 3 rings (SSSR count). The van der Waals surface area contributed by atoms with Crippen molar-refractivity contribution in [3.63, 3.8) is 0 Å². The third kappa shape index (κ3) is 6.04. The number of nitrogens with zero attached hydrogens (tertiary/aromatic N) is 2. The fourth-order valence-electron chi connectivity index (χ4n) is 4.01. The van der Waals surface area contributed by atoms with Crippen LogP contribution in [0, 0.1) is 5.82 Å². The number of amides is 1. The van der Waals surface area contributed by atoms with E-state index < -0.39 is 27.8 Å². The van der Waals surface area contributed by atoms with E-state index in [4.69, 9.17) is 0 Å². The fourth-order valence-corrected chi connectivity index (χ4v) is 5.22. The molecule has 8 heteroatoms. The van der Waals surface area contributed by atoms with Crippen LogP contribution in [0.2, 0.25) is 0 Å². The third-order valence-corrected chi connectivity index (χ3v) is 6.65. The van der Waals surface area contributed by atoms with Gasteiger partial charge in [-0.15, -0.1) is 0 Å². The van der Waals surface area contributed by atoms with Crippen molar-refractivity contribution < 1.29 is 17.6 Å². The molecule has 0 unspecified atom stereocenters. The lowest BCUT2D eigenvalue weighted by Gasteiger charge is -2.30. The van der Waals surface area contributed by atoms with Gasteiger partial charge in [0.05, 0.1) is 11.9 Å². The number of likely N-dealkylation sites (tertiary alicyclic amines) is 1. The van der Waals surface area contributed by atoms with Gasteiger partial charge in [-0.05, 0) is 55.6 Å². The highest BCUT2D eigenvalue weighted by atomic mass is 32.2. The maximum absolute atomic E-state index is 14.4. The molecule has 6 nitrogen and oxygen atoms in total. The van der Waals surface area contributed by atoms with E-state index in [0.717, 1.165) is 35.8 Å². The van der Waals surface area contributed by atoms with Crippen molar-refractivity contribution in [1.82, 2.24) is 10.2 Å². The maximum Gasteiger partial charge on any atom is 0.244 e.